The van der Waals surface area contributed by atoms with Gasteiger partial charge in [-0.2, -0.15) is 0 Å². The summed E-state index contributed by atoms with van der Waals surface area (Å²) in [7, 11) is -4.72. The Morgan fingerprint density at radius 2 is 0.898 bits per heavy atom. The molecule has 3 unspecified atom stereocenters. The van der Waals surface area contributed by atoms with E-state index in [1.165, 1.54) is 103 Å². The second-order valence-corrected chi connectivity index (χ2v) is 17.3. The first-order valence-electron chi connectivity index (χ1n) is 23.5. The van der Waals surface area contributed by atoms with Crippen molar-refractivity contribution < 1.29 is 47.5 Å². The van der Waals surface area contributed by atoms with Crippen molar-refractivity contribution in [1.82, 2.24) is 0 Å². The minimum absolute atomic E-state index is 0.155. The summed E-state index contributed by atoms with van der Waals surface area (Å²) in [6.07, 6.45) is 46.3. The van der Waals surface area contributed by atoms with E-state index in [1.54, 1.807) is 0 Å². The first-order valence-corrected chi connectivity index (χ1v) is 25.0. The molecule has 59 heavy (non-hydrogen) atoms. The molecule has 0 saturated carbocycles. The number of allylic oxidation sites excluding steroid dienone is 6. The Morgan fingerprint density at radius 1 is 0.525 bits per heavy atom. The van der Waals surface area contributed by atoms with Crippen LogP contribution in [0.1, 0.15) is 213 Å². The molecule has 0 amide bonds. The van der Waals surface area contributed by atoms with Gasteiger partial charge in [0.2, 0.25) is 0 Å². The number of phosphoric acid groups is 1. The Kier molecular flexibility index (Phi) is 40.7. The summed E-state index contributed by atoms with van der Waals surface area (Å²) in [6.45, 7) is 2.79. The third-order valence-corrected chi connectivity index (χ3v) is 11.1. The molecule has 0 bridgehead atoms. The van der Waals surface area contributed by atoms with E-state index in [-0.39, 0.29) is 19.4 Å². The van der Waals surface area contributed by atoms with Crippen LogP contribution < -0.4 is 5.73 Å². The van der Waals surface area contributed by atoms with Crippen molar-refractivity contribution in [2.75, 3.05) is 19.8 Å². The van der Waals surface area contributed by atoms with Gasteiger partial charge >= 0.3 is 25.7 Å². The van der Waals surface area contributed by atoms with Crippen molar-refractivity contribution in [3.63, 3.8) is 0 Å². The van der Waals surface area contributed by atoms with Gasteiger partial charge in [0, 0.05) is 12.8 Å². The summed E-state index contributed by atoms with van der Waals surface area (Å²) in [4.78, 5) is 46.0. The second kappa shape index (κ2) is 42.4. The van der Waals surface area contributed by atoms with Gasteiger partial charge in [-0.1, -0.05) is 166 Å². The Hall–Kier alpha value is -2.30. The maximum Gasteiger partial charge on any atom is 0.472 e. The molecule has 4 N–H and O–H groups in total. The molecule has 0 radical (unpaired) electrons. The molecule has 0 heterocycles. The van der Waals surface area contributed by atoms with E-state index < -0.39 is 51.1 Å². The van der Waals surface area contributed by atoms with Gasteiger partial charge in [-0.15, -0.1) is 0 Å². The number of phosphoric ester groups is 1. The second-order valence-electron chi connectivity index (χ2n) is 15.9. The van der Waals surface area contributed by atoms with Gasteiger partial charge in [-0.25, -0.2) is 4.57 Å². The molecule has 12 heteroatoms. The lowest BCUT2D eigenvalue weighted by atomic mass is 10.1. The van der Waals surface area contributed by atoms with E-state index in [4.69, 9.17) is 24.8 Å². The lowest BCUT2D eigenvalue weighted by molar-refractivity contribution is -0.161. The summed E-state index contributed by atoms with van der Waals surface area (Å²) < 4.78 is 32.7. The lowest BCUT2D eigenvalue weighted by Crippen LogP contribution is -2.34. The van der Waals surface area contributed by atoms with Crippen molar-refractivity contribution in [3.05, 3.63) is 36.5 Å². The Morgan fingerprint density at radius 3 is 1.34 bits per heavy atom. The molecule has 3 atom stereocenters. The van der Waals surface area contributed by atoms with Crippen molar-refractivity contribution in [1.29, 1.82) is 0 Å². The van der Waals surface area contributed by atoms with Crippen LogP contribution in [-0.4, -0.2) is 59.9 Å². The number of carboxylic acid groups (broad SMARTS) is 1. The molecule has 0 aromatic carbocycles. The summed E-state index contributed by atoms with van der Waals surface area (Å²) in [5.74, 6) is -2.39. The fraction of sp³-hybridized carbons (Fsp3) is 0.809. The molecular formula is C47H86NO10P. The fourth-order valence-electron chi connectivity index (χ4n) is 6.38. The van der Waals surface area contributed by atoms with E-state index in [0.29, 0.717) is 12.8 Å². The van der Waals surface area contributed by atoms with Crippen LogP contribution in [0, 0.1) is 0 Å². The largest absolute Gasteiger partial charge is 0.480 e. The molecule has 0 rings (SSSR count). The SMILES string of the molecule is CCCCCCC/C=C\C/C=C\CCCCCCCCCCCC(=O)OC(COC(=O)CCCCCCC/C=C\CCCCCCC)COP(=O)(O)OCC(N)C(=O)O. The molecule has 344 valence electrons. The summed E-state index contributed by atoms with van der Waals surface area (Å²) >= 11 is 0. The summed E-state index contributed by atoms with van der Waals surface area (Å²) in [5, 5.41) is 8.90. The summed E-state index contributed by atoms with van der Waals surface area (Å²) in [5.41, 5.74) is 5.34. The number of ether oxygens (including phenoxy) is 2. The molecule has 0 aromatic rings. The number of esters is 2. The Labute approximate surface area is 359 Å². The number of aliphatic carboxylic acids is 1. The molecule has 0 aromatic heterocycles. The zero-order chi connectivity index (χ0) is 43.5. The smallest absolute Gasteiger partial charge is 0.472 e. The highest BCUT2D eigenvalue weighted by atomic mass is 31.2. The number of hydrogen-bond donors (Lipinski definition) is 3. The molecule has 0 aliphatic rings. The van der Waals surface area contributed by atoms with Crippen molar-refractivity contribution >= 4 is 25.7 Å². The minimum atomic E-state index is -4.72. The zero-order valence-electron chi connectivity index (χ0n) is 37.3. The van der Waals surface area contributed by atoms with Gasteiger partial charge in [-0.05, 0) is 70.6 Å². The number of unbranched alkanes of at least 4 members (excludes halogenated alkanes) is 24. The standard InChI is InChI=1S/C47H86NO10P/c1-3-5-7-9-11-13-15-17-19-20-21-22-23-24-25-27-29-31-33-35-37-39-46(50)58-43(41-56-59(53,54)57-42-44(48)47(51)52)40-55-45(49)38-36-34-32-30-28-26-18-16-14-12-10-8-6-4-2/h15-18,20-21,43-44H,3-14,19,22-42,48H2,1-2H3,(H,51,52)(H,53,54)/b17-15-,18-16-,21-20-. The van der Waals surface area contributed by atoms with Gasteiger partial charge in [0.15, 0.2) is 6.10 Å². The van der Waals surface area contributed by atoms with Crippen molar-refractivity contribution in [2.24, 2.45) is 5.73 Å². The van der Waals surface area contributed by atoms with Gasteiger partial charge in [0.1, 0.15) is 12.6 Å². The minimum Gasteiger partial charge on any atom is -0.480 e. The van der Waals surface area contributed by atoms with Crippen molar-refractivity contribution in [2.45, 2.75) is 225 Å². The number of carbonyl (C=O) groups is 3. The molecule has 11 nitrogen and oxygen atoms in total. The highest BCUT2D eigenvalue weighted by Crippen LogP contribution is 2.43. The predicted molar refractivity (Wildman–Crippen MR) is 240 cm³/mol. The first-order chi connectivity index (χ1) is 28.6. The number of rotatable bonds is 44. The number of carbonyl (C=O) groups excluding carboxylic acids is 2. The van der Waals surface area contributed by atoms with Crippen molar-refractivity contribution in [3.8, 4) is 0 Å². The van der Waals surface area contributed by atoms with Crippen LogP contribution >= 0.6 is 7.82 Å². The van der Waals surface area contributed by atoms with Crippen LogP contribution in [0.3, 0.4) is 0 Å². The number of hydrogen-bond acceptors (Lipinski definition) is 9. The predicted octanol–water partition coefficient (Wildman–Crippen LogP) is 12.8. The van der Waals surface area contributed by atoms with Crippen LogP contribution in [-0.2, 0) is 37.5 Å². The lowest BCUT2D eigenvalue weighted by Gasteiger charge is -2.20. The van der Waals surface area contributed by atoms with Gasteiger partial charge in [0.25, 0.3) is 0 Å². The molecule has 0 saturated heterocycles. The Balaban J connectivity index is 4.30. The van der Waals surface area contributed by atoms with Crippen LogP contribution in [0.2, 0.25) is 0 Å². The topological polar surface area (TPSA) is 172 Å². The first kappa shape index (κ1) is 56.7. The van der Waals surface area contributed by atoms with Crippen LogP contribution in [0.4, 0.5) is 0 Å². The van der Waals surface area contributed by atoms with Crippen LogP contribution in [0.15, 0.2) is 36.5 Å². The molecular weight excluding hydrogens is 769 g/mol. The zero-order valence-corrected chi connectivity index (χ0v) is 38.2. The maximum absolute atomic E-state index is 12.7. The number of nitrogens with two attached hydrogens (primary N) is 1. The highest BCUT2D eigenvalue weighted by Gasteiger charge is 2.28. The highest BCUT2D eigenvalue weighted by molar-refractivity contribution is 7.47. The van der Waals surface area contributed by atoms with Gasteiger partial charge < -0.3 is 25.2 Å². The maximum atomic E-state index is 12.7. The third kappa shape index (κ3) is 42.2. The van der Waals surface area contributed by atoms with Gasteiger partial charge in [-0.3, -0.25) is 23.4 Å². The average Bonchev–Trinajstić information content (AvgIpc) is 3.21. The molecule has 0 aliphatic carbocycles. The van der Waals surface area contributed by atoms with E-state index >= 15 is 0 Å². The Bertz CT molecular complexity index is 1140. The van der Waals surface area contributed by atoms with Crippen LogP contribution in [0.25, 0.3) is 0 Å². The summed E-state index contributed by atoms with van der Waals surface area (Å²) in [6, 6.07) is -1.52. The van der Waals surface area contributed by atoms with E-state index in [1.807, 2.05) is 0 Å². The quantitative estimate of drug-likeness (QED) is 0.0230. The molecule has 0 fully saturated rings. The van der Waals surface area contributed by atoms with Gasteiger partial charge in [0.05, 0.1) is 13.2 Å². The third-order valence-electron chi connectivity index (χ3n) is 10.1. The molecule has 0 aliphatic heterocycles. The average molecular weight is 856 g/mol. The van der Waals surface area contributed by atoms with E-state index in [0.717, 1.165) is 70.6 Å². The molecule has 0 spiro atoms. The van der Waals surface area contributed by atoms with E-state index in [9.17, 15) is 23.8 Å². The van der Waals surface area contributed by atoms with E-state index in [2.05, 4.69) is 54.8 Å². The monoisotopic (exact) mass is 856 g/mol. The fourth-order valence-corrected chi connectivity index (χ4v) is 7.16. The normalized spacial score (nSPS) is 14.0. The number of carboxylic acids is 1. The van der Waals surface area contributed by atoms with Crippen LogP contribution in [0.5, 0.6) is 0 Å².